The van der Waals surface area contributed by atoms with Crippen LogP contribution in [0.15, 0.2) is 18.2 Å². The summed E-state index contributed by atoms with van der Waals surface area (Å²) in [5.41, 5.74) is 0.859. The molecule has 1 aliphatic rings. The molecule has 102 valence electrons. The van der Waals surface area contributed by atoms with E-state index in [2.05, 4.69) is 28.9 Å². The maximum absolute atomic E-state index is 5.43. The number of methoxy groups -OCH3 is 1. The first-order valence-corrected chi connectivity index (χ1v) is 6.82. The highest BCUT2D eigenvalue weighted by molar-refractivity contribution is 5.42. The standard InChI is InChI=1S/C14H20N4O/c1-10(2)17-8-7-11(9-17)14-16-15-12-5-4-6-13(19-3)18(12)14/h4-6,10-11H,7-9H2,1-3H3. The Hall–Kier alpha value is -1.62. The molecule has 0 bridgehead atoms. The number of rotatable bonds is 3. The lowest BCUT2D eigenvalue weighted by molar-refractivity contribution is 0.271. The highest BCUT2D eigenvalue weighted by atomic mass is 16.5. The van der Waals surface area contributed by atoms with E-state index in [-0.39, 0.29) is 0 Å². The van der Waals surface area contributed by atoms with Crippen LogP contribution in [0.4, 0.5) is 0 Å². The zero-order chi connectivity index (χ0) is 13.4. The molecule has 0 aliphatic carbocycles. The molecule has 2 aromatic heterocycles. The molecule has 0 aromatic carbocycles. The Labute approximate surface area is 113 Å². The quantitative estimate of drug-likeness (QED) is 0.846. The van der Waals surface area contributed by atoms with Gasteiger partial charge < -0.3 is 9.64 Å². The first-order chi connectivity index (χ1) is 9.20. The van der Waals surface area contributed by atoms with Crippen LogP contribution in [0.25, 0.3) is 5.65 Å². The van der Waals surface area contributed by atoms with Crippen LogP contribution in [0.1, 0.15) is 32.0 Å². The van der Waals surface area contributed by atoms with Gasteiger partial charge in [0.15, 0.2) is 5.65 Å². The fourth-order valence-electron chi connectivity index (χ4n) is 2.82. The summed E-state index contributed by atoms with van der Waals surface area (Å²) in [5, 5.41) is 8.64. The smallest absolute Gasteiger partial charge is 0.200 e. The lowest BCUT2D eigenvalue weighted by Crippen LogP contribution is -2.28. The molecule has 5 heteroatoms. The third-order valence-electron chi connectivity index (χ3n) is 3.94. The second-order valence-corrected chi connectivity index (χ2v) is 5.39. The van der Waals surface area contributed by atoms with E-state index in [9.17, 15) is 0 Å². The fraction of sp³-hybridized carbons (Fsp3) is 0.571. The van der Waals surface area contributed by atoms with Crippen molar-refractivity contribution in [1.29, 1.82) is 0 Å². The minimum atomic E-state index is 0.439. The van der Waals surface area contributed by atoms with E-state index in [1.165, 1.54) is 0 Å². The first-order valence-electron chi connectivity index (χ1n) is 6.82. The normalized spacial score (nSPS) is 20.5. The van der Waals surface area contributed by atoms with Gasteiger partial charge in [-0.2, -0.15) is 0 Å². The summed E-state index contributed by atoms with van der Waals surface area (Å²) in [7, 11) is 1.69. The van der Waals surface area contributed by atoms with Crippen molar-refractivity contribution in [2.75, 3.05) is 20.2 Å². The summed E-state index contributed by atoms with van der Waals surface area (Å²) >= 11 is 0. The van der Waals surface area contributed by atoms with Gasteiger partial charge in [-0.05, 0) is 38.9 Å². The van der Waals surface area contributed by atoms with Crippen LogP contribution in [0.5, 0.6) is 5.88 Å². The van der Waals surface area contributed by atoms with Gasteiger partial charge in [-0.1, -0.05) is 6.07 Å². The van der Waals surface area contributed by atoms with Crippen molar-refractivity contribution in [3.05, 3.63) is 24.0 Å². The van der Waals surface area contributed by atoms with Crippen LogP contribution in [-0.4, -0.2) is 45.7 Å². The Balaban J connectivity index is 1.98. The molecule has 1 fully saturated rings. The predicted molar refractivity (Wildman–Crippen MR) is 73.6 cm³/mol. The van der Waals surface area contributed by atoms with E-state index >= 15 is 0 Å². The number of hydrogen-bond donors (Lipinski definition) is 0. The molecule has 0 N–H and O–H groups in total. The summed E-state index contributed by atoms with van der Waals surface area (Å²) in [6.45, 7) is 6.67. The van der Waals surface area contributed by atoms with Gasteiger partial charge in [0.05, 0.1) is 7.11 Å². The fourth-order valence-corrected chi connectivity index (χ4v) is 2.82. The van der Waals surface area contributed by atoms with E-state index in [0.717, 1.165) is 36.9 Å². The maximum atomic E-state index is 5.43. The van der Waals surface area contributed by atoms with Crippen molar-refractivity contribution in [2.45, 2.75) is 32.2 Å². The molecule has 5 nitrogen and oxygen atoms in total. The third kappa shape index (κ3) is 2.08. The van der Waals surface area contributed by atoms with E-state index in [1.807, 2.05) is 22.6 Å². The van der Waals surface area contributed by atoms with Gasteiger partial charge in [0.25, 0.3) is 0 Å². The molecule has 0 amide bonds. The minimum absolute atomic E-state index is 0.439. The van der Waals surface area contributed by atoms with Gasteiger partial charge >= 0.3 is 0 Å². The molecule has 0 radical (unpaired) electrons. The van der Waals surface area contributed by atoms with Crippen molar-refractivity contribution in [3.63, 3.8) is 0 Å². The molecule has 1 unspecified atom stereocenters. The highest BCUT2D eigenvalue weighted by Crippen LogP contribution is 2.29. The topological polar surface area (TPSA) is 42.7 Å². The summed E-state index contributed by atoms with van der Waals surface area (Å²) in [6, 6.07) is 6.45. The van der Waals surface area contributed by atoms with E-state index < -0.39 is 0 Å². The molecule has 3 heterocycles. The summed E-state index contributed by atoms with van der Waals surface area (Å²) in [4.78, 5) is 2.49. The van der Waals surface area contributed by atoms with E-state index in [1.54, 1.807) is 7.11 Å². The van der Waals surface area contributed by atoms with Crippen molar-refractivity contribution in [2.24, 2.45) is 0 Å². The number of pyridine rings is 1. The van der Waals surface area contributed by atoms with Gasteiger partial charge in [0.1, 0.15) is 5.82 Å². The molecule has 1 aliphatic heterocycles. The first kappa shape index (κ1) is 12.4. The minimum Gasteiger partial charge on any atom is -0.482 e. The Bertz CT molecular complexity index is 578. The molecule has 0 saturated carbocycles. The zero-order valence-corrected chi connectivity index (χ0v) is 11.7. The molecule has 19 heavy (non-hydrogen) atoms. The van der Waals surface area contributed by atoms with E-state index in [0.29, 0.717) is 12.0 Å². The molecular formula is C14H20N4O. The lowest BCUT2D eigenvalue weighted by atomic mass is 10.1. The SMILES string of the molecule is COc1cccc2nnc(C3CCN(C(C)C)C3)n12. The Kier molecular flexibility index (Phi) is 3.14. The molecule has 1 atom stereocenters. The monoisotopic (exact) mass is 260 g/mol. The van der Waals surface area contributed by atoms with Gasteiger partial charge in [-0.3, -0.25) is 0 Å². The molecule has 1 saturated heterocycles. The average molecular weight is 260 g/mol. The van der Waals surface area contributed by atoms with Crippen LogP contribution in [0.3, 0.4) is 0 Å². The van der Waals surface area contributed by atoms with Crippen LogP contribution in [0, 0.1) is 0 Å². The second-order valence-electron chi connectivity index (χ2n) is 5.39. The molecule has 0 spiro atoms. The van der Waals surface area contributed by atoms with Crippen LogP contribution < -0.4 is 4.74 Å². The van der Waals surface area contributed by atoms with Gasteiger partial charge in [-0.15, -0.1) is 10.2 Å². The van der Waals surface area contributed by atoms with Crippen LogP contribution >= 0.6 is 0 Å². The van der Waals surface area contributed by atoms with Crippen LogP contribution in [-0.2, 0) is 0 Å². The lowest BCUT2D eigenvalue weighted by Gasteiger charge is -2.19. The Morgan fingerprint density at radius 1 is 1.32 bits per heavy atom. The average Bonchev–Trinajstić information content (AvgIpc) is 3.04. The van der Waals surface area contributed by atoms with Crippen molar-refractivity contribution in [1.82, 2.24) is 19.5 Å². The summed E-state index contributed by atoms with van der Waals surface area (Å²) in [5.74, 6) is 2.27. The third-order valence-corrected chi connectivity index (χ3v) is 3.94. The second kappa shape index (κ2) is 4.81. The predicted octanol–water partition coefficient (Wildman–Crippen LogP) is 1.94. The van der Waals surface area contributed by atoms with Crippen molar-refractivity contribution >= 4 is 5.65 Å². The van der Waals surface area contributed by atoms with Gasteiger partial charge in [0, 0.05) is 18.5 Å². The number of nitrogens with zero attached hydrogens (tertiary/aromatic N) is 4. The molecule has 3 rings (SSSR count). The van der Waals surface area contributed by atoms with E-state index in [4.69, 9.17) is 4.74 Å². The number of aromatic nitrogens is 3. The Morgan fingerprint density at radius 3 is 2.84 bits per heavy atom. The van der Waals surface area contributed by atoms with Crippen molar-refractivity contribution in [3.8, 4) is 5.88 Å². The maximum Gasteiger partial charge on any atom is 0.200 e. The number of ether oxygens (including phenoxy) is 1. The summed E-state index contributed by atoms with van der Waals surface area (Å²) < 4.78 is 7.47. The van der Waals surface area contributed by atoms with Crippen LogP contribution in [0.2, 0.25) is 0 Å². The van der Waals surface area contributed by atoms with Gasteiger partial charge in [-0.25, -0.2) is 4.40 Å². The summed E-state index contributed by atoms with van der Waals surface area (Å²) in [6.07, 6.45) is 1.14. The highest BCUT2D eigenvalue weighted by Gasteiger charge is 2.29. The largest absolute Gasteiger partial charge is 0.482 e. The number of likely N-dealkylation sites (tertiary alicyclic amines) is 1. The number of hydrogen-bond acceptors (Lipinski definition) is 4. The molecule has 2 aromatic rings. The number of fused-ring (bicyclic) bond motifs is 1. The zero-order valence-electron chi connectivity index (χ0n) is 11.7. The molecular weight excluding hydrogens is 240 g/mol. The van der Waals surface area contributed by atoms with Gasteiger partial charge in [0.2, 0.25) is 5.88 Å². The Morgan fingerprint density at radius 2 is 2.16 bits per heavy atom. The van der Waals surface area contributed by atoms with Crippen molar-refractivity contribution < 1.29 is 4.74 Å².